The molecule has 0 saturated heterocycles. The molecular weight excluding hydrogens is 370 g/mol. The van der Waals surface area contributed by atoms with Gasteiger partial charge in [-0.2, -0.15) is 5.10 Å². The average Bonchev–Trinajstić information content (AvgIpc) is 3.13. The average molecular weight is 396 g/mol. The molecule has 1 N–H and O–H groups in total. The number of aryl methyl sites for hydroxylation is 1. The molecule has 146 valence electrons. The minimum atomic E-state index is -0.870. The molecule has 1 heterocycles. The molecular formula is C22H25N3O2S. The summed E-state index contributed by atoms with van der Waals surface area (Å²) in [4.78, 5) is 13.0. The molecule has 28 heavy (non-hydrogen) atoms. The lowest BCUT2D eigenvalue weighted by atomic mass is 10.1. The SMILES string of the molecule is Cc1ccc(-n2cc(C(=O)N[C@@H](C)CC[S@@](C)=O)c(-c3ccccc3)n2)cc1. The maximum Gasteiger partial charge on any atom is 0.255 e. The van der Waals surface area contributed by atoms with Gasteiger partial charge in [0.25, 0.3) is 5.91 Å². The maximum absolute atomic E-state index is 13.0. The molecule has 2 atom stereocenters. The third-order valence-corrected chi connectivity index (χ3v) is 5.33. The highest BCUT2D eigenvalue weighted by molar-refractivity contribution is 7.84. The van der Waals surface area contributed by atoms with Crippen molar-refractivity contribution in [1.82, 2.24) is 15.1 Å². The monoisotopic (exact) mass is 395 g/mol. The number of aromatic nitrogens is 2. The van der Waals surface area contributed by atoms with Gasteiger partial charge in [0.05, 0.1) is 11.3 Å². The number of carbonyl (C=O) groups is 1. The van der Waals surface area contributed by atoms with Crippen molar-refractivity contribution in [3.05, 3.63) is 71.9 Å². The van der Waals surface area contributed by atoms with E-state index in [4.69, 9.17) is 5.10 Å². The van der Waals surface area contributed by atoms with Crippen LogP contribution in [-0.4, -0.2) is 37.9 Å². The zero-order chi connectivity index (χ0) is 20.1. The van der Waals surface area contributed by atoms with Gasteiger partial charge in [0.15, 0.2) is 0 Å². The fourth-order valence-corrected chi connectivity index (χ4v) is 3.58. The topological polar surface area (TPSA) is 64.0 Å². The molecule has 2 aromatic carbocycles. The molecule has 3 aromatic rings. The fourth-order valence-electron chi connectivity index (χ4n) is 2.90. The lowest BCUT2D eigenvalue weighted by Crippen LogP contribution is -2.33. The van der Waals surface area contributed by atoms with Crippen LogP contribution in [0.2, 0.25) is 0 Å². The Bertz CT molecular complexity index is 965. The van der Waals surface area contributed by atoms with E-state index in [1.54, 1.807) is 17.1 Å². The summed E-state index contributed by atoms with van der Waals surface area (Å²) in [7, 11) is -0.870. The number of hydrogen-bond acceptors (Lipinski definition) is 3. The van der Waals surface area contributed by atoms with Crippen LogP contribution in [-0.2, 0) is 10.8 Å². The van der Waals surface area contributed by atoms with E-state index in [1.165, 1.54) is 5.56 Å². The second-order valence-corrected chi connectivity index (χ2v) is 8.53. The second kappa shape index (κ2) is 8.97. The Morgan fingerprint density at radius 1 is 1.14 bits per heavy atom. The van der Waals surface area contributed by atoms with Crippen LogP contribution >= 0.6 is 0 Å². The summed E-state index contributed by atoms with van der Waals surface area (Å²) in [6.07, 6.45) is 4.11. The fraction of sp³-hybridized carbons (Fsp3) is 0.273. The highest BCUT2D eigenvalue weighted by Gasteiger charge is 2.20. The predicted octanol–water partition coefficient (Wildman–Crippen LogP) is 3.73. The molecule has 0 bridgehead atoms. The number of rotatable bonds is 7. The normalized spacial score (nSPS) is 13.1. The van der Waals surface area contributed by atoms with Crippen molar-refractivity contribution in [2.45, 2.75) is 26.3 Å². The highest BCUT2D eigenvalue weighted by atomic mass is 32.2. The van der Waals surface area contributed by atoms with Gasteiger partial charge in [0.2, 0.25) is 0 Å². The molecule has 3 rings (SSSR count). The van der Waals surface area contributed by atoms with E-state index < -0.39 is 10.8 Å². The number of amides is 1. The van der Waals surface area contributed by atoms with Crippen molar-refractivity contribution >= 4 is 16.7 Å². The molecule has 0 unspecified atom stereocenters. The molecule has 0 spiro atoms. The van der Waals surface area contributed by atoms with Gasteiger partial charge in [-0.1, -0.05) is 48.0 Å². The van der Waals surface area contributed by atoms with E-state index in [9.17, 15) is 9.00 Å². The first-order chi connectivity index (χ1) is 13.4. The van der Waals surface area contributed by atoms with Crippen molar-refractivity contribution in [2.75, 3.05) is 12.0 Å². The van der Waals surface area contributed by atoms with E-state index in [2.05, 4.69) is 5.32 Å². The summed E-state index contributed by atoms with van der Waals surface area (Å²) < 4.78 is 13.1. The molecule has 0 aliphatic rings. The van der Waals surface area contributed by atoms with Gasteiger partial charge < -0.3 is 5.32 Å². The maximum atomic E-state index is 13.0. The number of nitrogens with zero attached hydrogens (tertiary/aromatic N) is 2. The quantitative estimate of drug-likeness (QED) is 0.663. The minimum Gasteiger partial charge on any atom is -0.349 e. The highest BCUT2D eigenvalue weighted by Crippen LogP contribution is 2.24. The number of benzene rings is 2. The molecule has 0 radical (unpaired) electrons. The summed E-state index contributed by atoms with van der Waals surface area (Å²) in [6, 6.07) is 17.6. The molecule has 5 nitrogen and oxygen atoms in total. The van der Waals surface area contributed by atoms with Gasteiger partial charge in [0, 0.05) is 40.6 Å². The van der Waals surface area contributed by atoms with E-state index in [0.29, 0.717) is 23.4 Å². The summed E-state index contributed by atoms with van der Waals surface area (Å²) >= 11 is 0. The molecule has 0 aliphatic heterocycles. The van der Waals surface area contributed by atoms with Crippen molar-refractivity contribution in [3.8, 4) is 16.9 Å². The third-order valence-electron chi connectivity index (χ3n) is 4.52. The Labute approximate surface area is 168 Å². The van der Waals surface area contributed by atoms with Crippen molar-refractivity contribution < 1.29 is 9.00 Å². The molecule has 0 fully saturated rings. The van der Waals surface area contributed by atoms with E-state index in [-0.39, 0.29) is 11.9 Å². The van der Waals surface area contributed by atoms with Crippen LogP contribution in [0.4, 0.5) is 0 Å². The van der Waals surface area contributed by atoms with Crippen LogP contribution in [0.25, 0.3) is 16.9 Å². The lowest BCUT2D eigenvalue weighted by Gasteiger charge is -2.13. The summed E-state index contributed by atoms with van der Waals surface area (Å²) in [6.45, 7) is 3.96. The van der Waals surface area contributed by atoms with Crippen LogP contribution in [0.5, 0.6) is 0 Å². The smallest absolute Gasteiger partial charge is 0.255 e. The lowest BCUT2D eigenvalue weighted by molar-refractivity contribution is 0.0940. The predicted molar refractivity (Wildman–Crippen MR) is 114 cm³/mol. The van der Waals surface area contributed by atoms with Gasteiger partial charge in [-0.25, -0.2) is 4.68 Å². The first kappa shape index (κ1) is 20.0. The second-order valence-electron chi connectivity index (χ2n) is 6.98. The van der Waals surface area contributed by atoms with Gasteiger partial charge >= 0.3 is 0 Å². The molecule has 6 heteroatoms. The standard InChI is InChI=1S/C22H25N3O2S/c1-16-9-11-19(12-10-16)25-15-20(21(24-25)18-7-5-4-6-8-18)22(26)23-17(2)13-14-28(3)27/h4-12,15,17H,13-14H2,1-3H3,(H,23,26)/t17-,28+/m0/s1. The van der Waals surface area contributed by atoms with Crippen LogP contribution in [0.1, 0.15) is 29.3 Å². The van der Waals surface area contributed by atoms with E-state index in [0.717, 1.165) is 11.3 Å². The van der Waals surface area contributed by atoms with Crippen LogP contribution in [0.3, 0.4) is 0 Å². The van der Waals surface area contributed by atoms with Crippen LogP contribution < -0.4 is 5.32 Å². The number of hydrogen-bond donors (Lipinski definition) is 1. The minimum absolute atomic E-state index is 0.0669. The van der Waals surface area contributed by atoms with Gasteiger partial charge in [-0.15, -0.1) is 0 Å². The summed E-state index contributed by atoms with van der Waals surface area (Å²) in [5.74, 6) is 0.391. The Hall–Kier alpha value is -2.73. The van der Waals surface area contributed by atoms with Gasteiger partial charge in [-0.05, 0) is 32.4 Å². The van der Waals surface area contributed by atoms with Crippen molar-refractivity contribution in [1.29, 1.82) is 0 Å². The van der Waals surface area contributed by atoms with Crippen molar-refractivity contribution in [2.24, 2.45) is 0 Å². The number of carbonyl (C=O) groups excluding carboxylic acids is 1. The van der Waals surface area contributed by atoms with Crippen molar-refractivity contribution in [3.63, 3.8) is 0 Å². The Morgan fingerprint density at radius 2 is 1.82 bits per heavy atom. The van der Waals surface area contributed by atoms with E-state index >= 15 is 0 Å². The zero-order valence-electron chi connectivity index (χ0n) is 16.4. The summed E-state index contributed by atoms with van der Waals surface area (Å²) in [5.41, 5.74) is 4.12. The number of nitrogens with one attached hydrogen (secondary N) is 1. The Morgan fingerprint density at radius 3 is 2.46 bits per heavy atom. The molecule has 1 amide bonds. The first-order valence-corrected chi connectivity index (χ1v) is 11.0. The van der Waals surface area contributed by atoms with Gasteiger partial charge in [-0.3, -0.25) is 9.00 Å². The Kier molecular flexibility index (Phi) is 6.41. The third kappa shape index (κ3) is 4.95. The molecule has 0 aliphatic carbocycles. The van der Waals surface area contributed by atoms with Crippen LogP contribution in [0.15, 0.2) is 60.8 Å². The van der Waals surface area contributed by atoms with Crippen LogP contribution in [0, 0.1) is 6.92 Å². The van der Waals surface area contributed by atoms with E-state index in [1.807, 2.05) is 68.4 Å². The summed E-state index contributed by atoms with van der Waals surface area (Å²) in [5, 5.41) is 7.70. The molecule has 0 saturated carbocycles. The molecule has 1 aromatic heterocycles. The van der Waals surface area contributed by atoms with Gasteiger partial charge in [0.1, 0.15) is 5.69 Å². The Balaban J connectivity index is 1.93. The first-order valence-electron chi connectivity index (χ1n) is 9.27. The largest absolute Gasteiger partial charge is 0.349 e. The zero-order valence-corrected chi connectivity index (χ0v) is 17.2.